The second kappa shape index (κ2) is 5.73. The molecule has 0 aliphatic heterocycles. The Hall–Kier alpha value is -2.04. The smallest absolute Gasteiger partial charge is 0.153 e. The zero-order chi connectivity index (χ0) is 13.8. The van der Waals surface area contributed by atoms with Crippen LogP contribution in [0.3, 0.4) is 0 Å². The van der Waals surface area contributed by atoms with E-state index in [0.717, 1.165) is 23.8 Å². The van der Waals surface area contributed by atoms with E-state index in [1.54, 1.807) is 0 Å². The van der Waals surface area contributed by atoms with E-state index >= 15 is 0 Å². The first-order chi connectivity index (χ1) is 9.06. The lowest BCUT2D eigenvalue weighted by atomic mass is 10.2. The number of hydrogen-bond donors (Lipinski definition) is 1. The van der Waals surface area contributed by atoms with Crippen molar-refractivity contribution in [3.8, 4) is 5.75 Å². The molecule has 5 nitrogen and oxygen atoms in total. The Morgan fingerprint density at radius 1 is 1.37 bits per heavy atom. The first kappa shape index (κ1) is 13.4. The quantitative estimate of drug-likeness (QED) is 0.836. The van der Waals surface area contributed by atoms with E-state index in [9.17, 15) is 0 Å². The molecule has 1 aromatic carbocycles. The molecule has 0 unspecified atom stereocenters. The topological polar surface area (TPSA) is 66.0 Å². The second-order valence-corrected chi connectivity index (χ2v) is 4.84. The molecular formula is C14H20N4O. The fourth-order valence-electron chi connectivity index (χ4n) is 1.77. The zero-order valence-corrected chi connectivity index (χ0v) is 11.6. The minimum Gasteiger partial charge on any atom is -0.493 e. The molecule has 102 valence electrons. The molecule has 2 rings (SSSR count). The van der Waals surface area contributed by atoms with Gasteiger partial charge in [-0.25, -0.2) is 4.98 Å². The number of hydrogen-bond acceptors (Lipinski definition) is 4. The number of anilines is 1. The first-order valence-corrected chi connectivity index (χ1v) is 6.44. The van der Waals surface area contributed by atoms with E-state index in [0.29, 0.717) is 18.2 Å². The zero-order valence-electron chi connectivity index (χ0n) is 11.6. The van der Waals surface area contributed by atoms with Crippen LogP contribution in [-0.4, -0.2) is 21.4 Å². The van der Waals surface area contributed by atoms with E-state index in [1.165, 1.54) is 0 Å². The lowest BCUT2D eigenvalue weighted by Gasteiger charge is -2.06. The van der Waals surface area contributed by atoms with Gasteiger partial charge in [-0.1, -0.05) is 19.9 Å². The Morgan fingerprint density at radius 3 is 2.79 bits per heavy atom. The van der Waals surface area contributed by atoms with Gasteiger partial charge in [0, 0.05) is 31.1 Å². The van der Waals surface area contributed by atoms with Crippen molar-refractivity contribution in [3.05, 3.63) is 35.9 Å². The van der Waals surface area contributed by atoms with E-state index in [2.05, 4.69) is 23.9 Å². The van der Waals surface area contributed by atoms with E-state index in [-0.39, 0.29) is 0 Å². The van der Waals surface area contributed by atoms with Crippen LogP contribution in [0.5, 0.6) is 5.75 Å². The Balaban J connectivity index is 1.92. The van der Waals surface area contributed by atoms with Crippen molar-refractivity contribution in [1.29, 1.82) is 0 Å². The molecule has 0 fully saturated rings. The van der Waals surface area contributed by atoms with Gasteiger partial charge in [0.1, 0.15) is 11.6 Å². The molecular weight excluding hydrogens is 240 g/mol. The fraction of sp³-hybridized carbons (Fsp3) is 0.429. The van der Waals surface area contributed by atoms with Crippen LogP contribution in [0, 0.1) is 0 Å². The second-order valence-electron chi connectivity index (χ2n) is 4.84. The van der Waals surface area contributed by atoms with Gasteiger partial charge >= 0.3 is 0 Å². The highest BCUT2D eigenvalue weighted by molar-refractivity contribution is 5.43. The van der Waals surface area contributed by atoms with Crippen LogP contribution in [0.15, 0.2) is 24.3 Å². The van der Waals surface area contributed by atoms with Crippen LogP contribution < -0.4 is 10.5 Å². The Morgan fingerprint density at radius 2 is 2.16 bits per heavy atom. The number of aromatic nitrogens is 3. The van der Waals surface area contributed by atoms with Gasteiger partial charge in [0.25, 0.3) is 0 Å². The molecule has 0 aliphatic rings. The highest BCUT2D eigenvalue weighted by Crippen LogP contribution is 2.15. The summed E-state index contributed by atoms with van der Waals surface area (Å²) in [7, 11) is 1.91. The minimum absolute atomic E-state index is 0.342. The SMILES string of the molecule is CC(C)c1nc(CCOc2cccc(N)c2)n(C)n1. The lowest BCUT2D eigenvalue weighted by molar-refractivity contribution is 0.317. The Bertz CT molecular complexity index is 548. The molecule has 0 spiro atoms. The highest BCUT2D eigenvalue weighted by Gasteiger charge is 2.10. The van der Waals surface area contributed by atoms with Gasteiger partial charge in [0.15, 0.2) is 5.82 Å². The molecule has 5 heteroatoms. The number of aryl methyl sites for hydroxylation is 1. The van der Waals surface area contributed by atoms with Gasteiger partial charge in [-0.3, -0.25) is 4.68 Å². The van der Waals surface area contributed by atoms with Crippen LogP contribution in [0.1, 0.15) is 31.4 Å². The van der Waals surface area contributed by atoms with Crippen molar-refractivity contribution >= 4 is 5.69 Å². The van der Waals surface area contributed by atoms with Gasteiger partial charge in [-0.05, 0) is 12.1 Å². The van der Waals surface area contributed by atoms with Gasteiger partial charge < -0.3 is 10.5 Å². The van der Waals surface area contributed by atoms with Crippen molar-refractivity contribution in [1.82, 2.24) is 14.8 Å². The molecule has 2 N–H and O–H groups in total. The predicted octanol–water partition coefficient (Wildman–Crippen LogP) is 2.14. The molecule has 0 radical (unpaired) electrons. The van der Waals surface area contributed by atoms with E-state index in [4.69, 9.17) is 10.5 Å². The lowest BCUT2D eigenvalue weighted by Crippen LogP contribution is -2.07. The number of nitrogens with zero attached hydrogens (tertiary/aromatic N) is 3. The van der Waals surface area contributed by atoms with Crippen molar-refractivity contribution in [3.63, 3.8) is 0 Å². The molecule has 0 saturated heterocycles. The van der Waals surface area contributed by atoms with Crippen molar-refractivity contribution < 1.29 is 4.74 Å². The maximum atomic E-state index is 5.70. The summed E-state index contributed by atoms with van der Waals surface area (Å²) in [5, 5.41) is 4.38. The number of benzene rings is 1. The van der Waals surface area contributed by atoms with Crippen LogP contribution in [0.2, 0.25) is 0 Å². The molecule has 0 bridgehead atoms. The third-order valence-electron chi connectivity index (χ3n) is 2.84. The third-order valence-corrected chi connectivity index (χ3v) is 2.84. The van der Waals surface area contributed by atoms with Gasteiger partial charge in [-0.15, -0.1) is 0 Å². The molecule has 2 aromatic rings. The van der Waals surface area contributed by atoms with E-state index in [1.807, 2.05) is 36.0 Å². The van der Waals surface area contributed by atoms with Gasteiger partial charge in [-0.2, -0.15) is 5.10 Å². The summed E-state index contributed by atoms with van der Waals surface area (Å²) in [4.78, 5) is 4.51. The third kappa shape index (κ3) is 3.47. The highest BCUT2D eigenvalue weighted by atomic mass is 16.5. The summed E-state index contributed by atoms with van der Waals surface area (Å²) < 4.78 is 7.47. The number of ether oxygens (including phenoxy) is 1. The van der Waals surface area contributed by atoms with Crippen molar-refractivity contribution in [2.45, 2.75) is 26.2 Å². The predicted molar refractivity (Wildman–Crippen MR) is 75.1 cm³/mol. The average Bonchev–Trinajstić information content (AvgIpc) is 2.71. The summed E-state index contributed by atoms with van der Waals surface area (Å²) >= 11 is 0. The molecule has 0 amide bonds. The Kier molecular flexibility index (Phi) is 4.04. The summed E-state index contributed by atoms with van der Waals surface area (Å²) in [5.41, 5.74) is 6.40. The molecule has 0 atom stereocenters. The Labute approximate surface area is 113 Å². The molecule has 0 saturated carbocycles. The van der Waals surface area contributed by atoms with Gasteiger partial charge in [0.2, 0.25) is 0 Å². The van der Waals surface area contributed by atoms with Crippen LogP contribution in [0.4, 0.5) is 5.69 Å². The fourth-order valence-corrected chi connectivity index (χ4v) is 1.77. The molecule has 1 aromatic heterocycles. The standard InChI is InChI=1S/C14H20N4O/c1-10(2)14-16-13(18(3)17-14)7-8-19-12-6-4-5-11(15)9-12/h4-6,9-10H,7-8,15H2,1-3H3. The first-order valence-electron chi connectivity index (χ1n) is 6.44. The van der Waals surface area contributed by atoms with Crippen LogP contribution in [-0.2, 0) is 13.5 Å². The van der Waals surface area contributed by atoms with Crippen LogP contribution >= 0.6 is 0 Å². The van der Waals surface area contributed by atoms with E-state index < -0.39 is 0 Å². The van der Waals surface area contributed by atoms with Gasteiger partial charge in [0.05, 0.1) is 6.61 Å². The number of nitrogen functional groups attached to an aromatic ring is 1. The average molecular weight is 260 g/mol. The summed E-state index contributed by atoms with van der Waals surface area (Å²) in [6, 6.07) is 7.43. The molecule has 0 aliphatic carbocycles. The minimum atomic E-state index is 0.342. The summed E-state index contributed by atoms with van der Waals surface area (Å²) in [5.74, 6) is 2.94. The maximum Gasteiger partial charge on any atom is 0.153 e. The normalized spacial score (nSPS) is 10.9. The maximum absolute atomic E-state index is 5.70. The largest absolute Gasteiger partial charge is 0.493 e. The monoisotopic (exact) mass is 260 g/mol. The summed E-state index contributed by atoms with van der Waals surface area (Å²) in [6.07, 6.45) is 0.727. The molecule has 19 heavy (non-hydrogen) atoms. The number of rotatable bonds is 5. The van der Waals surface area contributed by atoms with Crippen LogP contribution in [0.25, 0.3) is 0 Å². The van der Waals surface area contributed by atoms with Crippen molar-refractivity contribution in [2.24, 2.45) is 7.05 Å². The molecule has 1 heterocycles. The van der Waals surface area contributed by atoms with Crippen molar-refractivity contribution in [2.75, 3.05) is 12.3 Å². The number of nitrogens with two attached hydrogens (primary N) is 1. The summed E-state index contributed by atoms with van der Waals surface area (Å²) in [6.45, 7) is 4.73.